The van der Waals surface area contributed by atoms with Crippen molar-refractivity contribution >= 4 is 5.69 Å². The Labute approximate surface area is 110 Å². The first-order valence-corrected chi connectivity index (χ1v) is 7.23. The second-order valence-electron chi connectivity index (χ2n) is 5.58. The Hall–Kier alpha value is -1.02. The first-order valence-electron chi connectivity index (χ1n) is 7.23. The van der Waals surface area contributed by atoms with Crippen LogP contribution >= 0.6 is 0 Å². The quantitative estimate of drug-likeness (QED) is 0.845. The minimum absolute atomic E-state index is 0.0733. The molecule has 1 aliphatic carbocycles. The minimum atomic E-state index is -0.0733. The molecule has 0 spiro atoms. The molecule has 1 atom stereocenters. The van der Waals surface area contributed by atoms with Gasteiger partial charge < -0.3 is 10.4 Å². The SMILES string of the molecule is CCC(C)c1ccc(NC2CCC(O)CC2)cc1. The Bertz CT molecular complexity index is 352. The molecule has 18 heavy (non-hydrogen) atoms. The number of anilines is 1. The van der Waals surface area contributed by atoms with Crippen molar-refractivity contribution in [3.05, 3.63) is 29.8 Å². The van der Waals surface area contributed by atoms with E-state index in [0.717, 1.165) is 25.7 Å². The van der Waals surface area contributed by atoms with Crippen molar-refractivity contribution in [3.8, 4) is 0 Å². The predicted octanol–water partition coefficient (Wildman–Crippen LogP) is 3.92. The van der Waals surface area contributed by atoms with E-state index in [1.807, 2.05) is 0 Å². The minimum Gasteiger partial charge on any atom is -0.393 e. The maximum atomic E-state index is 9.49. The molecular weight excluding hydrogens is 222 g/mol. The summed E-state index contributed by atoms with van der Waals surface area (Å²) in [6, 6.07) is 9.37. The standard InChI is InChI=1S/C16H25NO/c1-3-12(2)13-4-6-14(7-5-13)17-15-8-10-16(18)11-9-15/h4-7,12,15-18H,3,8-11H2,1-2H3. The molecule has 1 unspecified atom stereocenters. The molecule has 1 aromatic carbocycles. The third-order valence-electron chi connectivity index (χ3n) is 4.16. The molecule has 100 valence electrons. The highest BCUT2D eigenvalue weighted by molar-refractivity contribution is 5.46. The summed E-state index contributed by atoms with van der Waals surface area (Å²) in [5.74, 6) is 0.642. The Morgan fingerprint density at radius 3 is 2.33 bits per heavy atom. The Morgan fingerprint density at radius 1 is 1.17 bits per heavy atom. The molecule has 1 fully saturated rings. The van der Waals surface area contributed by atoms with Gasteiger partial charge in [-0.05, 0) is 55.7 Å². The highest BCUT2D eigenvalue weighted by Gasteiger charge is 2.18. The van der Waals surface area contributed by atoms with Gasteiger partial charge in [-0.1, -0.05) is 26.0 Å². The van der Waals surface area contributed by atoms with Crippen LogP contribution in [-0.4, -0.2) is 17.3 Å². The lowest BCUT2D eigenvalue weighted by molar-refractivity contribution is 0.126. The first kappa shape index (κ1) is 13.4. The molecule has 2 heteroatoms. The lowest BCUT2D eigenvalue weighted by atomic mass is 9.93. The molecule has 0 bridgehead atoms. The van der Waals surface area contributed by atoms with Gasteiger partial charge in [0.05, 0.1) is 6.10 Å². The molecule has 1 aliphatic rings. The maximum absolute atomic E-state index is 9.49. The molecular formula is C16H25NO. The van der Waals surface area contributed by atoms with E-state index in [-0.39, 0.29) is 6.10 Å². The zero-order chi connectivity index (χ0) is 13.0. The molecule has 2 N–H and O–H groups in total. The summed E-state index contributed by atoms with van der Waals surface area (Å²) < 4.78 is 0. The zero-order valence-corrected chi connectivity index (χ0v) is 11.5. The number of hydrogen-bond donors (Lipinski definition) is 2. The van der Waals surface area contributed by atoms with Gasteiger partial charge in [0.2, 0.25) is 0 Å². The van der Waals surface area contributed by atoms with Crippen LogP contribution in [0.25, 0.3) is 0 Å². The van der Waals surface area contributed by atoms with E-state index in [1.54, 1.807) is 0 Å². The first-order chi connectivity index (χ1) is 8.69. The van der Waals surface area contributed by atoms with Crippen molar-refractivity contribution < 1.29 is 5.11 Å². The summed E-state index contributed by atoms with van der Waals surface area (Å²) in [5, 5.41) is 13.1. The van der Waals surface area contributed by atoms with E-state index in [4.69, 9.17) is 0 Å². The zero-order valence-electron chi connectivity index (χ0n) is 11.5. The van der Waals surface area contributed by atoms with Crippen LogP contribution < -0.4 is 5.32 Å². The van der Waals surface area contributed by atoms with E-state index >= 15 is 0 Å². The van der Waals surface area contributed by atoms with Gasteiger partial charge in [0.1, 0.15) is 0 Å². The smallest absolute Gasteiger partial charge is 0.0541 e. The molecule has 0 saturated heterocycles. The fraction of sp³-hybridized carbons (Fsp3) is 0.625. The monoisotopic (exact) mass is 247 g/mol. The fourth-order valence-electron chi connectivity index (χ4n) is 2.60. The molecule has 1 saturated carbocycles. The van der Waals surface area contributed by atoms with Crippen molar-refractivity contribution in [3.63, 3.8) is 0 Å². The van der Waals surface area contributed by atoms with Crippen LogP contribution in [0.3, 0.4) is 0 Å². The molecule has 0 aliphatic heterocycles. The van der Waals surface area contributed by atoms with Crippen molar-refractivity contribution in [2.24, 2.45) is 0 Å². The second kappa shape index (κ2) is 6.24. The summed E-state index contributed by atoms with van der Waals surface area (Å²) in [6.07, 6.45) is 5.14. The number of nitrogens with one attached hydrogen (secondary N) is 1. The van der Waals surface area contributed by atoms with Gasteiger partial charge in [0, 0.05) is 11.7 Å². The van der Waals surface area contributed by atoms with Crippen LogP contribution in [0.15, 0.2) is 24.3 Å². The van der Waals surface area contributed by atoms with Gasteiger partial charge in [0.15, 0.2) is 0 Å². The van der Waals surface area contributed by atoms with Crippen LogP contribution in [0.1, 0.15) is 57.4 Å². The largest absolute Gasteiger partial charge is 0.393 e. The Kier molecular flexibility index (Phi) is 4.65. The van der Waals surface area contributed by atoms with E-state index < -0.39 is 0 Å². The predicted molar refractivity (Wildman–Crippen MR) is 77.0 cm³/mol. The van der Waals surface area contributed by atoms with E-state index in [1.165, 1.54) is 17.7 Å². The van der Waals surface area contributed by atoms with E-state index in [9.17, 15) is 5.11 Å². The number of hydrogen-bond acceptors (Lipinski definition) is 2. The lowest BCUT2D eigenvalue weighted by Gasteiger charge is -2.27. The summed E-state index contributed by atoms with van der Waals surface area (Å²) in [4.78, 5) is 0. The maximum Gasteiger partial charge on any atom is 0.0541 e. The van der Waals surface area contributed by atoms with Crippen LogP contribution in [0.5, 0.6) is 0 Å². The molecule has 1 aromatic rings. The molecule has 0 radical (unpaired) electrons. The van der Waals surface area contributed by atoms with Crippen molar-refractivity contribution in [1.29, 1.82) is 0 Å². The number of aliphatic hydroxyl groups excluding tert-OH is 1. The molecule has 0 heterocycles. The van der Waals surface area contributed by atoms with Gasteiger partial charge in [-0.25, -0.2) is 0 Å². The Balaban J connectivity index is 1.90. The highest BCUT2D eigenvalue weighted by Crippen LogP contribution is 2.24. The Morgan fingerprint density at radius 2 is 1.78 bits per heavy atom. The van der Waals surface area contributed by atoms with Crippen molar-refractivity contribution in [2.75, 3.05) is 5.32 Å². The van der Waals surface area contributed by atoms with Crippen LogP contribution in [0.4, 0.5) is 5.69 Å². The average Bonchev–Trinajstić information content (AvgIpc) is 2.41. The van der Waals surface area contributed by atoms with Crippen LogP contribution in [0, 0.1) is 0 Å². The average molecular weight is 247 g/mol. The molecule has 2 rings (SSSR count). The fourth-order valence-corrected chi connectivity index (χ4v) is 2.60. The molecule has 2 nitrogen and oxygen atoms in total. The van der Waals surface area contributed by atoms with Crippen LogP contribution in [-0.2, 0) is 0 Å². The summed E-state index contributed by atoms with van der Waals surface area (Å²) >= 11 is 0. The molecule has 0 aromatic heterocycles. The van der Waals surface area contributed by atoms with Gasteiger partial charge in [-0.2, -0.15) is 0 Å². The van der Waals surface area contributed by atoms with Gasteiger partial charge in [0.25, 0.3) is 0 Å². The topological polar surface area (TPSA) is 32.3 Å². The van der Waals surface area contributed by atoms with Crippen molar-refractivity contribution in [2.45, 2.75) is 64.0 Å². The van der Waals surface area contributed by atoms with Gasteiger partial charge in [-0.15, -0.1) is 0 Å². The summed E-state index contributed by atoms with van der Waals surface area (Å²) in [6.45, 7) is 4.50. The van der Waals surface area contributed by atoms with E-state index in [2.05, 4.69) is 43.4 Å². The summed E-state index contributed by atoms with van der Waals surface area (Å²) in [7, 11) is 0. The lowest BCUT2D eigenvalue weighted by Crippen LogP contribution is -2.28. The number of aliphatic hydroxyl groups is 1. The van der Waals surface area contributed by atoms with E-state index in [0.29, 0.717) is 12.0 Å². The summed E-state index contributed by atoms with van der Waals surface area (Å²) in [5.41, 5.74) is 2.63. The van der Waals surface area contributed by atoms with Gasteiger partial charge >= 0.3 is 0 Å². The van der Waals surface area contributed by atoms with Crippen molar-refractivity contribution in [1.82, 2.24) is 0 Å². The third kappa shape index (κ3) is 3.49. The second-order valence-corrected chi connectivity index (χ2v) is 5.58. The van der Waals surface area contributed by atoms with Crippen LogP contribution in [0.2, 0.25) is 0 Å². The highest BCUT2D eigenvalue weighted by atomic mass is 16.3. The number of rotatable bonds is 4. The van der Waals surface area contributed by atoms with Gasteiger partial charge in [-0.3, -0.25) is 0 Å². The number of benzene rings is 1. The molecule has 0 amide bonds. The third-order valence-corrected chi connectivity index (χ3v) is 4.16. The normalized spacial score (nSPS) is 25.7.